The number of hydrogen-bond acceptors (Lipinski definition) is 3. The fourth-order valence-corrected chi connectivity index (χ4v) is 2.72. The highest BCUT2D eigenvalue weighted by Gasteiger charge is 2.28. The van der Waals surface area contributed by atoms with Crippen LogP contribution in [0.5, 0.6) is 11.5 Å². The molecule has 1 amide bonds. The second-order valence-corrected chi connectivity index (χ2v) is 5.61. The lowest BCUT2D eigenvalue weighted by molar-refractivity contribution is 0.0771. The zero-order valence-electron chi connectivity index (χ0n) is 13.2. The summed E-state index contributed by atoms with van der Waals surface area (Å²) in [5.74, 6) is -0.494. The molecule has 24 heavy (non-hydrogen) atoms. The molecule has 1 atom stereocenters. The third-order valence-electron chi connectivity index (χ3n) is 3.90. The van der Waals surface area contributed by atoms with Crippen LogP contribution in [0.4, 0.5) is 8.78 Å². The van der Waals surface area contributed by atoms with Crippen molar-refractivity contribution in [3.63, 3.8) is 0 Å². The number of halogens is 2. The van der Waals surface area contributed by atoms with E-state index >= 15 is 0 Å². The number of nitrogens with zero attached hydrogens (tertiary/aromatic N) is 1. The SMILES string of the molecule is COc1ccc(OC2CCN(C(=O)c3cc(F)cc(F)c3)C2)cc1. The number of rotatable bonds is 4. The second kappa shape index (κ2) is 6.86. The van der Waals surface area contributed by atoms with Gasteiger partial charge in [0.05, 0.1) is 13.7 Å². The Hall–Kier alpha value is -2.63. The van der Waals surface area contributed by atoms with Crippen LogP contribution in [0.25, 0.3) is 0 Å². The van der Waals surface area contributed by atoms with Crippen molar-refractivity contribution in [2.75, 3.05) is 20.2 Å². The van der Waals surface area contributed by atoms with Crippen LogP contribution in [0.3, 0.4) is 0 Å². The summed E-state index contributed by atoms with van der Waals surface area (Å²) in [5, 5.41) is 0. The Kier molecular flexibility index (Phi) is 4.64. The molecule has 2 aromatic carbocycles. The van der Waals surface area contributed by atoms with E-state index in [1.807, 2.05) is 0 Å². The monoisotopic (exact) mass is 333 g/mol. The van der Waals surface area contributed by atoms with E-state index in [2.05, 4.69) is 0 Å². The molecule has 0 aliphatic carbocycles. The van der Waals surface area contributed by atoms with Gasteiger partial charge < -0.3 is 14.4 Å². The van der Waals surface area contributed by atoms with E-state index in [0.717, 1.165) is 23.9 Å². The van der Waals surface area contributed by atoms with Crippen LogP contribution in [0.15, 0.2) is 42.5 Å². The number of carbonyl (C=O) groups excluding carboxylic acids is 1. The first kappa shape index (κ1) is 16.2. The lowest BCUT2D eigenvalue weighted by Gasteiger charge is -2.17. The van der Waals surface area contributed by atoms with Gasteiger partial charge in [-0.15, -0.1) is 0 Å². The third kappa shape index (κ3) is 3.64. The maximum Gasteiger partial charge on any atom is 0.254 e. The molecular formula is C18H17F2NO3. The minimum Gasteiger partial charge on any atom is -0.497 e. The van der Waals surface area contributed by atoms with Crippen LogP contribution in [0.1, 0.15) is 16.8 Å². The summed E-state index contributed by atoms with van der Waals surface area (Å²) in [4.78, 5) is 13.9. The van der Waals surface area contributed by atoms with Gasteiger partial charge in [0.2, 0.25) is 0 Å². The molecule has 0 N–H and O–H groups in total. The topological polar surface area (TPSA) is 38.8 Å². The molecule has 0 aromatic heterocycles. The Labute approximate surface area is 138 Å². The van der Waals surface area contributed by atoms with Crippen molar-refractivity contribution in [1.82, 2.24) is 4.90 Å². The zero-order chi connectivity index (χ0) is 17.1. The fraction of sp³-hybridized carbons (Fsp3) is 0.278. The average Bonchev–Trinajstić information content (AvgIpc) is 3.02. The summed E-state index contributed by atoms with van der Waals surface area (Å²) < 4.78 is 37.4. The van der Waals surface area contributed by atoms with E-state index in [0.29, 0.717) is 25.3 Å². The zero-order valence-corrected chi connectivity index (χ0v) is 13.2. The fourth-order valence-electron chi connectivity index (χ4n) is 2.72. The average molecular weight is 333 g/mol. The second-order valence-electron chi connectivity index (χ2n) is 5.61. The normalized spacial score (nSPS) is 17.0. The molecule has 1 heterocycles. The summed E-state index contributed by atoms with van der Waals surface area (Å²) in [7, 11) is 1.59. The number of carbonyl (C=O) groups is 1. The first-order chi connectivity index (χ1) is 11.5. The lowest BCUT2D eigenvalue weighted by Crippen LogP contribution is -2.31. The van der Waals surface area contributed by atoms with Crippen molar-refractivity contribution in [3.8, 4) is 11.5 Å². The number of benzene rings is 2. The van der Waals surface area contributed by atoms with E-state index in [4.69, 9.17) is 9.47 Å². The van der Waals surface area contributed by atoms with Crippen LogP contribution >= 0.6 is 0 Å². The number of likely N-dealkylation sites (tertiary alicyclic amines) is 1. The van der Waals surface area contributed by atoms with Gasteiger partial charge in [0.1, 0.15) is 29.2 Å². The third-order valence-corrected chi connectivity index (χ3v) is 3.90. The van der Waals surface area contributed by atoms with Crippen molar-refractivity contribution in [3.05, 3.63) is 59.7 Å². The lowest BCUT2D eigenvalue weighted by atomic mass is 10.2. The molecule has 3 rings (SSSR count). The Bertz CT molecular complexity index is 713. The van der Waals surface area contributed by atoms with Crippen LogP contribution in [0.2, 0.25) is 0 Å². The smallest absolute Gasteiger partial charge is 0.254 e. The van der Waals surface area contributed by atoms with E-state index in [-0.39, 0.29) is 11.7 Å². The Morgan fingerprint density at radius 2 is 1.71 bits per heavy atom. The van der Waals surface area contributed by atoms with Gasteiger partial charge >= 0.3 is 0 Å². The highest BCUT2D eigenvalue weighted by molar-refractivity contribution is 5.94. The molecule has 1 fully saturated rings. The van der Waals surface area contributed by atoms with Gasteiger partial charge in [-0.25, -0.2) is 8.78 Å². The van der Waals surface area contributed by atoms with E-state index in [1.165, 1.54) is 0 Å². The van der Waals surface area contributed by atoms with Gasteiger partial charge in [0, 0.05) is 24.6 Å². The van der Waals surface area contributed by atoms with Crippen molar-refractivity contribution >= 4 is 5.91 Å². The van der Waals surface area contributed by atoms with Crippen LogP contribution in [0, 0.1) is 11.6 Å². The molecule has 0 spiro atoms. The number of amides is 1. The largest absolute Gasteiger partial charge is 0.497 e. The van der Waals surface area contributed by atoms with Gasteiger partial charge in [-0.3, -0.25) is 4.79 Å². The van der Waals surface area contributed by atoms with E-state index in [9.17, 15) is 13.6 Å². The highest BCUT2D eigenvalue weighted by atomic mass is 19.1. The Balaban J connectivity index is 1.62. The van der Waals surface area contributed by atoms with Gasteiger partial charge in [0.25, 0.3) is 5.91 Å². The summed E-state index contributed by atoms with van der Waals surface area (Å²) in [5.41, 5.74) is 0.0117. The van der Waals surface area contributed by atoms with Gasteiger partial charge in [-0.1, -0.05) is 0 Å². The van der Waals surface area contributed by atoms with Crippen LogP contribution < -0.4 is 9.47 Å². The minimum absolute atomic E-state index is 0.0117. The molecule has 0 saturated carbocycles. The molecule has 4 nitrogen and oxygen atoms in total. The first-order valence-electron chi connectivity index (χ1n) is 7.61. The summed E-state index contributed by atoms with van der Waals surface area (Å²) in [6, 6.07) is 10.0. The predicted molar refractivity (Wildman–Crippen MR) is 84.3 cm³/mol. The van der Waals surface area contributed by atoms with Crippen molar-refractivity contribution in [2.45, 2.75) is 12.5 Å². The maximum absolute atomic E-state index is 13.3. The van der Waals surface area contributed by atoms with E-state index in [1.54, 1.807) is 36.3 Å². The molecule has 1 unspecified atom stereocenters. The Morgan fingerprint density at radius 1 is 1.08 bits per heavy atom. The van der Waals surface area contributed by atoms with E-state index < -0.39 is 17.5 Å². The predicted octanol–water partition coefficient (Wildman–Crippen LogP) is 3.27. The minimum atomic E-state index is -0.761. The molecule has 1 aliphatic heterocycles. The quantitative estimate of drug-likeness (QED) is 0.862. The first-order valence-corrected chi connectivity index (χ1v) is 7.61. The molecular weight excluding hydrogens is 316 g/mol. The Morgan fingerprint density at radius 3 is 2.33 bits per heavy atom. The van der Waals surface area contributed by atoms with Crippen molar-refractivity contribution in [1.29, 1.82) is 0 Å². The number of methoxy groups -OCH3 is 1. The van der Waals surface area contributed by atoms with Gasteiger partial charge in [-0.2, -0.15) is 0 Å². The molecule has 1 aliphatic rings. The maximum atomic E-state index is 13.3. The summed E-state index contributed by atoms with van der Waals surface area (Å²) in [6.45, 7) is 0.862. The summed E-state index contributed by atoms with van der Waals surface area (Å²) in [6.07, 6.45) is 0.510. The van der Waals surface area contributed by atoms with Crippen LogP contribution in [-0.4, -0.2) is 37.1 Å². The summed E-state index contributed by atoms with van der Waals surface area (Å²) >= 11 is 0. The van der Waals surface area contributed by atoms with Gasteiger partial charge in [-0.05, 0) is 36.4 Å². The molecule has 0 bridgehead atoms. The van der Waals surface area contributed by atoms with Crippen molar-refractivity contribution in [2.24, 2.45) is 0 Å². The standard InChI is InChI=1S/C18H17F2NO3/c1-23-15-2-4-16(5-3-15)24-17-6-7-21(11-17)18(22)12-8-13(19)10-14(20)9-12/h2-5,8-10,17H,6-7,11H2,1H3. The van der Waals surface area contributed by atoms with Crippen LogP contribution in [-0.2, 0) is 0 Å². The molecule has 0 radical (unpaired) electrons. The number of ether oxygens (including phenoxy) is 2. The van der Waals surface area contributed by atoms with Crippen molar-refractivity contribution < 1.29 is 23.0 Å². The van der Waals surface area contributed by atoms with Gasteiger partial charge in [0.15, 0.2) is 0 Å². The molecule has 126 valence electrons. The number of hydrogen-bond donors (Lipinski definition) is 0. The highest BCUT2D eigenvalue weighted by Crippen LogP contribution is 2.22. The molecule has 1 saturated heterocycles. The molecule has 2 aromatic rings. The molecule has 6 heteroatoms.